The van der Waals surface area contributed by atoms with Crippen LogP contribution in [0.2, 0.25) is 0 Å². The van der Waals surface area contributed by atoms with Gasteiger partial charge in [0.2, 0.25) is 0 Å². The van der Waals surface area contributed by atoms with E-state index in [2.05, 4.69) is 0 Å². The van der Waals surface area contributed by atoms with Crippen molar-refractivity contribution in [3.8, 4) is 0 Å². The van der Waals surface area contributed by atoms with Gasteiger partial charge in [-0.05, 0) is 12.5 Å². The Labute approximate surface area is 111 Å². The second kappa shape index (κ2) is 7.29. The SMILES string of the molecule is CCOC(=O)CSCc1ccccc1C(N)=S. The Morgan fingerprint density at radius 2 is 2.18 bits per heavy atom. The maximum atomic E-state index is 11.2. The average molecular weight is 269 g/mol. The summed E-state index contributed by atoms with van der Waals surface area (Å²) in [6.45, 7) is 2.22. The Bertz CT molecular complexity index is 407. The highest BCUT2D eigenvalue weighted by Gasteiger charge is 2.06. The first-order valence-corrected chi connectivity index (χ1v) is 6.82. The summed E-state index contributed by atoms with van der Waals surface area (Å²) >= 11 is 6.47. The Morgan fingerprint density at radius 1 is 1.47 bits per heavy atom. The van der Waals surface area contributed by atoms with Crippen LogP contribution in [0.25, 0.3) is 0 Å². The van der Waals surface area contributed by atoms with Crippen molar-refractivity contribution in [3.63, 3.8) is 0 Å². The van der Waals surface area contributed by atoms with Crippen molar-refractivity contribution in [1.29, 1.82) is 0 Å². The van der Waals surface area contributed by atoms with Gasteiger partial charge in [0.05, 0.1) is 12.4 Å². The summed E-state index contributed by atoms with van der Waals surface area (Å²) in [6, 6.07) is 7.69. The zero-order valence-electron chi connectivity index (χ0n) is 9.64. The lowest BCUT2D eigenvalue weighted by Crippen LogP contribution is -2.12. The van der Waals surface area contributed by atoms with Gasteiger partial charge >= 0.3 is 5.97 Å². The maximum absolute atomic E-state index is 11.2. The van der Waals surface area contributed by atoms with Gasteiger partial charge in [-0.1, -0.05) is 36.5 Å². The van der Waals surface area contributed by atoms with Gasteiger partial charge in [0.25, 0.3) is 0 Å². The molecular weight excluding hydrogens is 254 g/mol. The number of nitrogens with two attached hydrogens (primary N) is 1. The van der Waals surface area contributed by atoms with Crippen LogP contribution in [0.4, 0.5) is 0 Å². The van der Waals surface area contributed by atoms with E-state index < -0.39 is 0 Å². The largest absolute Gasteiger partial charge is 0.465 e. The van der Waals surface area contributed by atoms with Crippen LogP contribution in [0, 0.1) is 0 Å². The van der Waals surface area contributed by atoms with E-state index in [9.17, 15) is 4.79 Å². The van der Waals surface area contributed by atoms with E-state index in [-0.39, 0.29) is 5.97 Å². The molecule has 0 unspecified atom stereocenters. The minimum absolute atomic E-state index is 0.190. The summed E-state index contributed by atoms with van der Waals surface area (Å²) in [5.74, 6) is 0.858. The molecule has 0 fully saturated rings. The standard InChI is InChI=1S/C12H15NO2S2/c1-2-15-11(14)8-17-7-9-5-3-4-6-10(9)12(13)16/h3-6H,2,7-8H2,1H3,(H2,13,16). The van der Waals surface area contributed by atoms with Gasteiger partial charge in [0.1, 0.15) is 4.99 Å². The molecular formula is C12H15NO2S2. The monoisotopic (exact) mass is 269 g/mol. The summed E-state index contributed by atoms with van der Waals surface area (Å²) in [5, 5.41) is 0. The minimum Gasteiger partial charge on any atom is -0.465 e. The number of hydrogen-bond donors (Lipinski definition) is 1. The quantitative estimate of drug-likeness (QED) is 0.633. The van der Waals surface area contributed by atoms with Crippen LogP contribution in [0.5, 0.6) is 0 Å². The Hall–Kier alpha value is -1.07. The van der Waals surface area contributed by atoms with Crippen LogP contribution in [-0.2, 0) is 15.3 Å². The first kappa shape index (κ1) is 14.0. The topological polar surface area (TPSA) is 52.3 Å². The molecule has 1 aromatic rings. The van der Waals surface area contributed by atoms with Crippen molar-refractivity contribution in [1.82, 2.24) is 0 Å². The summed E-state index contributed by atoms with van der Waals surface area (Å²) < 4.78 is 4.85. The molecule has 17 heavy (non-hydrogen) atoms. The molecule has 2 N–H and O–H groups in total. The van der Waals surface area contributed by atoms with Gasteiger partial charge in [-0.15, -0.1) is 11.8 Å². The number of carbonyl (C=O) groups excluding carboxylic acids is 1. The van der Waals surface area contributed by atoms with E-state index in [0.717, 1.165) is 11.1 Å². The summed E-state index contributed by atoms with van der Waals surface area (Å²) in [6.07, 6.45) is 0. The molecule has 0 radical (unpaired) electrons. The molecule has 0 saturated carbocycles. The van der Waals surface area contributed by atoms with Gasteiger partial charge in [0.15, 0.2) is 0 Å². The number of ether oxygens (including phenoxy) is 1. The van der Waals surface area contributed by atoms with E-state index in [0.29, 0.717) is 23.1 Å². The number of thioether (sulfide) groups is 1. The highest BCUT2D eigenvalue weighted by Crippen LogP contribution is 2.16. The zero-order valence-corrected chi connectivity index (χ0v) is 11.3. The smallest absolute Gasteiger partial charge is 0.315 e. The van der Waals surface area contributed by atoms with Gasteiger partial charge in [-0.3, -0.25) is 4.79 Å². The second-order valence-corrected chi connectivity index (χ2v) is 4.74. The van der Waals surface area contributed by atoms with Crippen LogP contribution < -0.4 is 5.73 Å². The zero-order chi connectivity index (χ0) is 12.7. The van der Waals surface area contributed by atoms with E-state index in [4.69, 9.17) is 22.7 Å². The van der Waals surface area contributed by atoms with Crippen molar-refractivity contribution >= 4 is 34.9 Å². The molecule has 0 aliphatic heterocycles. The van der Waals surface area contributed by atoms with Crippen LogP contribution in [0.3, 0.4) is 0 Å². The summed E-state index contributed by atoms with van der Waals surface area (Å²) in [4.78, 5) is 11.5. The molecule has 5 heteroatoms. The minimum atomic E-state index is -0.190. The molecule has 0 atom stereocenters. The molecule has 92 valence electrons. The number of rotatable bonds is 6. The molecule has 1 rings (SSSR count). The third kappa shape index (κ3) is 4.75. The fourth-order valence-corrected chi connectivity index (χ4v) is 2.36. The molecule has 0 saturated heterocycles. The first-order chi connectivity index (χ1) is 8.15. The normalized spacial score (nSPS) is 9.94. The Morgan fingerprint density at radius 3 is 2.82 bits per heavy atom. The van der Waals surface area contributed by atoms with E-state index in [1.807, 2.05) is 24.3 Å². The molecule has 1 aromatic carbocycles. The lowest BCUT2D eigenvalue weighted by Gasteiger charge is -2.07. The van der Waals surface area contributed by atoms with E-state index in [1.165, 1.54) is 11.8 Å². The van der Waals surface area contributed by atoms with Crippen molar-refractivity contribution in [2.24, 2.45) is 5.73 Å². The molecule has 0 aliphatic carbocycles. The lowest BCUT2D eigenvalue weighted by atomic mass is 10.1. The third-order valence-electron chi connectivity index (χ3n) is 2.07. The number of hydrogen-bond acceptors (Lipinski definition) is 4. The molecule has 0 bridgehead atoms. The highest BCUT2D eigenvalue weighted by molar-refractivity contribution is 7.99. The molecule has 0 aromatic heterocycles. The van der Waals surface area contributed by atoms with E-state index >= 15 is 0 Å². The third-order valence-corrected chi connectivity index (χ3v) is 3.24. The average Bonchev–Trinajstić information content (AvgIpc) is 2.30. The second-order valence-electron chi connectivity index (χ2n) is 3.32. The molecule has 3 nitrogen and oxygen atoms in total. The van der Waals surface area contributed by atoms with Crippen molar-refractivity contribution in [2.75, 3.05) is 12.4 Å². The van der Waals surface area contributed by atoms with Crippen LogP contribution in [0.1, 0.15) is 18.1 Å². The fraction of sp³-hybridized carbons (Fsp3) is 0.333. The predicted octanol–water partition coefficient (Wildman–Crippen LogP) is 2.12. The number of benzene rings is 1. The fourth-order valence-electron chi connectivity index (χ4n) is 1.33. The van der Waals surface area contributed by atoms with E-state index in [1.54, 1.807) is 6.92 Å². The van der Waals surface area contributed by atoms with Gasteiger partial charge in [0, 0.05) is 11.3 Å². The van der Waals surface area contributed by atoms with Crippen molar-refractivity contribution in [3.05, 3.63) is 35.4 Å². The Balaban J connectivity index is 2.52. The molecule has 0 aliphatic rings. The first-order valence-electron chi connectivity index (χ1n) is 5.26. The molecule has 0 heterocycles. The van der Waals surface area contributed by atoms with Crippen LogP contribution >= 0.6 is 24.0 Å². The molecule has 0 amide bonds. The highest BCUT2D eigenvalue weighted by atomic mass is 32.2. The summed E-state index contributed by atoms with van der Waals surface area (Å²) in [5.41, 5.74) is 7.55. The van der Waals surface area contributed by atoms with Crippen LogP contribution in [0.15, 0.2) is 24.3 Å². The van der Waals surface area contributed by atoms with Gasteiger partial charge in [-0.25, -0.2) is 0 Å². The van der Waals surface area contributed by atoms with Gasteiger partial charge in [-0.2, -0.15) is 0 Å². The number of thiocarbonyl (C=S) groups is 1. The number of carbonyl (C=O) groups is 1. The summed E-state index contributed by atoms with van der Waals surface area (Å²) in [7, 11) is 0. The van der Waals surface area contributed by atoms with Crippen LogP contribution in [-0.4, -0.2) is 23.3 Å². The maximum Gasteiger partial charge on any atom is 0.315 e. The molecule has 0 spiro atoms. The number of esters is 1. The lowest BCUT2D eigenvalue weighted by molar-refractivity contribution is -0.139. The Kier molecular flexibility index (Phi) is 6.00. The van der Waals surface area contributed by atoms with Crippen molar-refractivity contribution in [2.45, 2.75) is 12.7 Å². The van der Waals surface area contributed by atoms with Crippen molar-refractivity contribution < 1.29 is 9.53 Å². The predicted molar refractivity (Wildman–Crippen MR) is 75.1 cm³/mol. The van der Waals surface area contributed by atoms with Gasteiger partial charge < -0.3 is 10.5 Å².